The summed E-state index contributed by atoms with van der Waals surface area (Å²) in [6.45, 7) is 4.09. The number of hydrogen-bond donors (Lipinski definition) is 2. The Hall–Kier alpha value is -3.21. The van der Waals surface area contributed by atoms with Gasteiger partial charge >= 0.3 is 0 Å². The number of benzene rings is 2. The highest BCUT2D eigenvalue weighted by molar-refractivity contribution is 5.62. The van der Waals surface area contributed by atoms with Gasteiger partial charge in [-0.15, -0.1) is 0 Å². The highest BCUT2D eigenvalue weighted by Gasteiger charge is 2.18. The van der Waals surface area contributed by atoms with Crippen molar-refractivity contribution in [2.45, 2.75) is 25.8 Å². The van der Waals surface area contributed by atoms with E-state index in [0.717, 1.165) is 48.6 Å². The van der Waals surface area contributed by atoms with Crippen molar-refractivity contribution in [3.63, 3.8) is 0 Å². The standard InChI is InChI=1S/C23H27N5/c1-18-16-28(17-26-18)22-9-7-21(8-10-22)27-13-11-20(12-14-27)25-15-23(24)19-5-3-2-4-6-19/h2-10,15-17,20,25H,11-14,24H2,1H3/b23-15-. The molecule has 28 heavy (non-hydrogen) atoms. The summed E-state index contributed by atoms with van der Waals surface area (Å²) >= 11 is 0. The van der Waals surface area contributed by atoms with Crippen molar-refractivity contribution in [2.75, 3.05) is 18.0 Å². The summed E-state index contributed by atoms with van der Waals surface area (Å²) in [6.07, 6.45) is 8.05. The van der Waals surface area contributed by atoms with E-state index in [9.17, 15) is 0 Å². The summed E-state index contributed by atoms with van der Waals surface area (Å²) < 4.78 is 2.05. The van der Waals surface area contributed by atoms with E-state index in [1.165, 1.54) is 5.69 Å². The van der Waals surface area contributed by atoms with Gasteiger partial charge < -0.3 is 20.5 Å². The van der Waals surface area contributed by atoms with Crippen molar-refractivity contribution >= 4 is 11.4 Å². The smallest absolute Gasteiger partial charge is 0.0995 e. The maximum Gasteiger partial charge on any atom is 0.0995 e. The van der Waals surface area contributed by atoms with Crippen molar-refractivity contribution in [3.05, 3.63) is 84.6 Å². The molecule has 0 radical (unpaired) electrons. The highest BCUT2D eigenvalue weighted by Crippen LogP contribution is 2.22. The second kappa shape index (κ2) is 8.21. The first-order chi connectivity index (χ1) is 13.7. The monoisotopic (exact) mass is 373 g/mol. The van der Waals surface area contributed by atoms with Crippen LogP contribution in [0.1, 0.15) is 24.1 Å². The van der Waals surface area contributed by atoms with Gasteiger partial charge in [-0.25, -0.2) is 4.98 Å². The molecule has 5 nitrogen and oxygen atoms in total. The summed E-state index contributed by atoms with van der Waals surface area (Å²) in [7, 11) is 0. The highest BCUT2D eigenvalue weighted by atomic mass is 15.1. The zero-order chi connectivity index (χ0) is 19.3. The Morgan fingerprint density at radius 3 is 2.36 bits per heavy atom. The average Bonchev–Trinajstić information content (AvgIpc) is 3.19. The van der Waals surface area contributed by atoms with E-state index in [-0.39, 0.29) is 0 Å². The number of nitrogens with zero attached hydrogens (tertiary/aromatic N) is 3. The van der Waals surface area contributed by atoms with Crippen LogP contribution < -0.4 is 16.0 Å². The number of nitrogens with two attached hydrogens (primary N) is 1. The SMILES string of the molecule is Cc1cn(-c2ccc(N3CCC(N/C=C(\N)c4ccccc4)CC3)cc2)cn1. The molecule has 0 saturated carbocycles. The molecular weight excluding hydrogens is 346 g/mol. The van der Waals surface area contributed by atoms with Crippen molar-refractivity contribution in [1.29, 1.82) is 0 Å². The van der Waals surface area contributed by atoms with Crippen LogP contribution in [0.2, 0.25) is 0 Å². The topological polar surface area (TPSA) is 59.1 Å². The fraction of sp³-hybridized carbons (Fsp3) is 0.261. The number of piperidine rings is 1. The molecule has 144 valence electrons. The predicted octanol–water partition coefficient (Wildman–Crippen LogP) is 3.70. The number of rotatable bonds is 5. The minimum Gasteiger partial charge on any atom is -0.397 e. The Balaban J connectivity index is 1.31. The Morgan fingerprint density at radius 1 is 1.04 bits per heavy atom. The van der Waals surface area contributed by atoms with Crippen molar-refractivity contribution in [3.8, 4) is 5.69 Å². The number of imidazole rings is 1. The van der Waals surface area contributed by atoms with Crippen LogP contribution in [0.5, 0.6) is 0 Å². The molecule has 0 atom stereocenters. The van der Waals surface area contributed by atoms with Crippen molar-refractivity contribution < 1.29 is 0 Å². The van der Waals surface area contributed by atoms with Crippen LogP contribution in [0, 0.1) is 6.92 Å². The van der Waals surface area contributed by atoms with Crippen LogP contribution in [-0.2, 0) is 0 Å². The van der Waals surface area contributed by atoms with Gasteiger partial charge in [-0.3, -0.25) is 0 Å². The van der Waals surface area contributed by atoms with Crippen LogP contribution in [0.3, 0.4) is 0 Å². The molecule has 1 saturated heterocycles. The molecule has 2 heterocycles. The van der Waals surface area contributed by atoms with Gasteiger partial charge in [0, 0.05) is 42.9 Å². The number of anilines is 1. The van der Waals surface area contributed by atoms with Gasteiger partial charge in [0.05, 0.1) is 17.7 Å². The summed E-state index contributed by atoms with van der Waals surface area (Å²) in [5, 5.41) is 3.50. The normalized spacial score (nSPS) is 15.6. The van der Waals surface area contributed by atoms with Crippen LogP contribution in [0.4, 0.5) is 5.69 Å². The lowest BCUT2D eigenvalue weighted by molar-refractivity contribution is 0.455. The van der Waals surface area contributed by atoms with Gasteiger partial charge in [0.2, 0.25) is 0 Å². The zero-order valence-electron chi connectivity index (χ0n) is 16.3. The van der Waals surface area contributed by atoms with E-state index in [2.05, 4.69) is 44.0 Å². The molecule has 0 bridgehead atoms. The van der Waals surface area contributed by atoms with Gasteiger partial charge in [0.15, 0.2) is 0 Å². The molecule has 0 unspecified atom stereocenters. The summed E-state index contributed by atoms with van der Waals surface area (Å²) in [5.74, 6) is 0. The molecule has 1 aromatic heterocycles. The molecule has 0 spiro atoms. The first kappa shape index (κ1) is 18.2. The second-order valence-corrected chi connectivity index (χ2v) is 7.33. The van der Waals surface area contributed by atoms with E-state index in [4.69, 9.17) is 5.73 Å². The predicted molar refractivity (Wildman–Crippen MR) is 115 cm³/mol. The maximum absolute atomic E-state index is 6.18. The molecule has 2 aromatic carbocycles. The Bertz CT molecular complexity index is 919. The number of nitrogens with one attached hydrogen (secondary N) is 1. The fourth-order valence-electron chi connectivity index (χ4n) is 3.62. The minimum atomic E-state index is 0.465. The third-order valence-electron chi connectivity index (χ3n) is 5.30. The van der Waals surface area contributed by atoms with E-state index >= 15 is 0 Å². The molecule has 3 aromatic rings. The Labute approximate surface area is 166 Å². The summed E-state index contributed by atoms with van der Waals surface area (Å²) in [5.41, 5.74) is 11.5. The average molecular weight is 374 g/mol. The maximum atomic E-state index is 6.18. The summed E-state index contributed by atoms with van der Waals surface area (Å²) in [6, 6.07) is 19.3. The first-order valence-corrected chi connectivity index (χ1v) is 9.82. The van der Waals surface area contributed by atoms with Crippen molar-refractivity contribution in [1.82, 2.24) is 14.9 Å². The van der Waals surface area contributed by atoms with Gasteiger partial charge in [-0.05, 0) is 49.6 Å². The van der Waals surface area contributed by atoms with Crippen molar-refractivity contribution in [2.24, 2.45) is 5.73 Å². The molecule has 1 aliphatic heterocycles. The number of aromatic nitrogens is 2. The quantitative estimate of drug-likeness (QED) is 0.716. The molecular formula is C23H27N5. The second-order valence-electron chi connectivity index (χ2n) is 7.33. The Kier molecular flexibility index (Phi) is 5.33. The third-order valence-corrected chi connectivity index (χ3v) is 5.30. The molecule has 1 fully saturated rings. The van der Waals surface area contributed by atoms with Crippen LogP contribution >= 0.6 is 0 Å². The third kappa shape index (κ3) is 4.19. The molecule has 5 heteroatoms. The largest absolute Gasteiger partial charge is 0.397 e. The molecule has 0 amide bonds. The zero-order valence-corrected chi connectivity index (χ0v) is 16.3. The summed E-state index contributed by atoms with van der Waals surface area (Å²) in [4.78, 5) is 6.74. The molecule has 0 aliphatic carbocycles. The van der Waals surface area contributed by atoms with E-state index in [1.54, 1.807) is 0 Å². The van der Waals surface area contributed by atoms with E-state index in [0.29, 0.717) is 6.04 Å². The van der Waals surface area contributed by atoms with Gasteiger partial charge in [-0.2, -0.15) is 0 Å². The minimum absolute atomic E-state index is 0.465. The van der Waals surface area contributed by atoms with Crippen LogP contribution in [-0.4, -0.2) is 28.7 Å². The number of hydrogen-bond acceptors (Lipinski definition) is 4. The molecule has 4 rings (SSSR count). The van der Waals surface area contributed by atoms with Gasteiger partial charge in [0.1, 0.15) is 0 Å². The molecule has 1 aliphatic rings. The lowest BCUT2D eigenvalue weighted by Crippen LogP contribution is -2.41. The van der Waals surface area contributed by atoms with E-state index < -0.39 is 0 Å². The van der Waals surface area contributed by atoms with Gasteiger partial charge in [-0.1, -0.05) is 30.3 Å². The first-order valence-electron chi connectivity index (χ1n) is 9.82. The van der Waals surface area contributed by atoms with Gasteiger partial charge in [0.25, 0.3) is 0 Å². The Morgan fingerprint density at radius 2 is 1.71 bits per heavy atom. The lowest BCUT2D eigenvalue weighted by atomic mass is 10.0. The van der Waals surface area contributed by atoms with Crippen LogP contribution in [0.25, 0.3) is 11.4 Å². The lowest BCUT2D eigenvalue weighted by Gasteiger charge is -2.34. The van der Waals surface area contributed by atoms with Crippen LogP contribution in [0.15, 0.2) is 73.3 Å². The van der Waals surface area contributed by atoms with E-state index in [1.807, 2.05) is 56.0 Å². The number of aryl methyl sites for hydroxylation is 1. The fourth-order valence-corrected chi connectivity index (χ4v) is 3.62. The molecule has 3 N–H and O–H groups in total.